The number of aryl methyl sites for hydroxylation is 2. The fourth-order valence-corrected chi connectivity index (χ4v) is 5.44. The lowest BCUT2D eigenvalue weighted by Crippen LogP contribution is -2.26. The van der Waals surface area contributed by atoms with Crippen LogP contribution in [0.3, 0.4) is 0 Å². The summed E-state index contributed by atoms with van der Waals surface area (Å²) in [7, 11) is 1.81. The Morgan fingerprint density at radius 2 is 2.19 bits per heavy atom. The van der Waals surface area contributed by atoms with Crippen LogP contribution < -0.4 is 5.56 Å². The molecule has 1 aliphatic heterocycles. The Balaban J connectivity index is 1.74. The van der Waals surface area contributed by atoms with E-state index in [1.807, 2.05) is 29.0 Å². The van der Waals surface area contributed by atoms with E-state index in [1.165, 1.54) is 11.3 Å². The molecule has 0 aromatic carbocycles. The van der Waals surface area contributed by atoms with Gasteiger partial charge in [-0.25, -0.2) is 4.98 Å². The van der Waals surface area contributed by atoms with E-state index < -0.39 is 0 Å². The molecule has 0 radical (unpaired) electrons. The third kappa shape index (κ3) is 2.99. The Labute approximate surface area is 159 Å². The predicted molar refractivity (Wildman–Crippen MR) is 106 cm³/mol. The maximum absolute atomic E-state index is 13.0. The van der Waals surface area contributed by atoms with Gasteiger partial charge in [-0.05, 0) is 36.8 Å². The van der Waals surface area contributed by atoms with Crippen LogP contribution in [0.25, 0.3) is 10.2 Å². The van der Waals surface area contributed by atoms with Gasteiger partial charge >= 0.3 is 0 Å². The zero-order valence-corrected chi connectivity index (χ0v) is 16.6. The number of fused-ring (bicyclic) bond motifs is 2. The van der Waals surface area contributed by atoms with Gasteiger partial charge in [-0.2, -0.15) is 0 Å². The molecule has 4 rings (SSSR count). The minimum atomic E-state index is -0.0431. The van der Waals surface area contributed by atoms with Gasteiger partial charge in [0.2, 0.25) is 0 Å². The molecule has 136 valence electrons. The molecule has 0 N–H and O–H groups in total. The number of hydrogen-bond acceptors (Lipinski definition) is 5. The maximum Gasteiger partial charge on any atom is 0.264 e. The molecule has 3 aromatic heterocycles. The summed E-state index contributed by atoms with van der Waals surface area (Å²) in [5.41, 5.74) is 0.783. The van der Waals surface area contributed by atoms with Crippen LogP contribution in [0.1, 0.15) is 45.2 Å². The summed E-state index contributed by atoms with van der Waals surface area (Å²) in [6, 6.07) is 4.01. The van der Waals surface area contributed by atoms with Gasteiger partial charge in [0.15, 0.2) is 0 Å². The van der Waals surface area contributed by atoms with Crippen molar-refractivity contribution in [3.8, 4) is 0 Å². The molecule has 0 atom stereocenters. The fourth-order valence-electron chi connectivity index (χ4n) is 3.50. The molecule has 1 aliphatic rings. The molecule has 4 heterocycles. The first kappa shape index (κ1) is 17.4. The average molecular weight is 388 g/mol. The van der Waals surface area contributed by atoms with Gasteiger partial charge in [-0.15, -0.1) is 22.7 Å². The molecule has 7 heteroatoms. The van der Waals surface area contributed by atoms with Crippen molar-refractivity contribution in [1.29, 1.82) is 0 Å². The maximum atomic E-state index is 13.0. The highest BCUT2D eigenvalue weighted by Gasteiger charge is 2.24. The number of aromatic nitrogens is 2. The first-order valence-corrected chi connectivity index (χ1v) is 10.6. The number of nitrogens with zero attached hydrogens (tertiary/aromatic N) is 3. The second-order valence-corrected chi connectivity index (χ2v) is 8.80. The number of carbonyl (C=O) groups excluding carboxylic acids is 1. The van der Waals surface area contributed by atoms with Crippen molar-refractivity contribution < 1.29 is 4.79 Å². The van der Waals surface area contributed by atoms with E-state index >= 15 is 0 Å². The Kier molecular flexibility index (Phi) is 4.67. The van der Waals surface area contributed by atoms with Gasteiger partial charge < -0.3 is 4.90 Å². The largest absolute Gasteiger partial charge is 0.336 e. The van der Waals surface area contributed by atoms with Crippen molar-refractivity contribution in [3.05, 3.63) is 49.0 Å². The average Bonchev–Trinajstić information content (AvgIpc) is 3.16. The van der Waals surface area contributed by atoms with Crippen LogP contribution in [0.4, 0.5) is 0 Å². The molecule has 0 saturated heterocycles. The molecular formula is C19H21N3O2S2. The zero-order valence-electron chi connectivity index (χ0n) is 14.9. The molecule has 26 heavy (non-hydrogen) atoms. The molecular weight excluding hydrogens is 366 g/mol. The molecule has 0 unspecified atom stereocenters. The molecule has 3 aromatic rings. The smallest absolute Gasteiger partial charge is 0.264 e. The van der Waals surface area contributed by atoms with Crippen LogP contribution in [0.2, 0.25) is 0 Å². The molecule has 0 bridgehead atoms. The summed E-state index contributed by atoms with van der Waals surface area (Å²) in [6.45, 7) is 3.18. The Hall–Kier alpha value is -1.99. The van der Waals surface area contributed by atoms with Crippen LogP contribution in [0, 0.1) is 6.92 Å². The SMILES string of the molecule is Cc1c(C(=O)N(C)Cc2cccs2)sc2nc3n(c(=O)c12)CCCCC3. The first-order chi connectivity index (χ1) is 12.6. The monoisotopic (exact) mass is 387 g/mol. The third-order valence-corrected chi connectivity index (χ3v) is 6.96. The summed E-state index contributed by atoms with van der Waals surface area (Å²) in [5.74, 6) is 0.825. The van der Waals surface area contributed by atoms with E-state index in [0.717, 1.165) is 48.5 Å². The highest BCUT2D eigenvalue weighted by Crippen LogP contribution is 2.29. The molecule has 0 fully saturated rings. The number of carbonyl (C=O) groups is 1. The van der Waals surface area contributed by atoms with Gasteiger partial charge in [0.25, 0.3) is 11.5 Å². The third-order valence-electron chi connectivity index (χ3n) is 4.93. The van der Waals surface area contributed by atoms with Gasteiger partial charge in [0.1, 0.15) is 10.7 Å². The van der Waals surface area contributed by atoms with Crippen molar-refractivity contribution >= 4 is 38.8 Å². The highest BCUT2D eigenvalue weighted by atomic mass is 32.1. The minimum Gasteiger partial charge on any atom is -0.336 e. The van der Waals surface area contributed by atoms with Crippen molar-refractivity contribution in [3.63, 3.8) is 0 Å². The standard InChI is InChI=1S/C19H21N3O2S2/c1-12-15-17(20-14-8-4-3-5-9-22(14)18(15)23)26-16(12)19(24)21(2)11-13-7-6-10-25-13/h6-7,10H,3-5,8-9,11H2,1-2H3. The summed E-state index contributed by atoms with van der Waals surface area (Å²) >= 11 is 2.99. The van der Waals surface area contributed by atoms with E-state index in [1.54, 1.807) is 23.3 Å². The highest BCUT2D eigenvalue weighted by molar-refractivity contribution is 7.20. The van der Waals surface area contributed by atoms with Gasteiger partial charge in [0, 0.05) is 24.9 Å². The normalized spacial score (nSPS) is 14.2. The fraction of sp³-hybridized carbons (Fsp3) is 0.421. The quantitative estimate of drug-likeness (QED) is 0.686. The van der Waals surface area contributed by atoms with E-state index in [9.17, 15) is 9.59 Å². The number of thiophene rings is 2. The Bertz CT molecular complexity index is 1020. The molecule has 0 spiro atoms. The van der Waals surface area contributed by atoms with Gasteiger partial charge in [0.05, 0.1) is 16.8 Å². The topological polar surface area (TPSA) is 55.2 Å². The Morgan fingerprint density at radius 3 is 2.96 bits per heavy atom. The molecule has 0 aliphatic carbocycles. The Morgan fingerprint density at radius 1 is 1.35 bits per heavy atom. The van der Waals surface area contributed by atoms with Gasteiger partial charge in [-0.1, -0.05) is 12.5 Å². The van der Waals surface area contributed by atoms with Crippen molar-refractivity contribution in [1.82, 2.24) is 14.5 Å². The van der Waals surface area contributed by atoms with Crippen LogP contribution in [0.15, 0.2) is 22.3 Å². The van der Waals surface area contributed by atoms with E-state index in [2.05, 4.69) is 0 Å². The number of rotatable bonds is 3. The number of amides is 1. The van der Waals surface area contributed by atoms with Crippen molar-refractivity contribution in [2.24, 2.45) is 0 Å². The zero-order chi connectivity index (χ0) is 18.3. The first-order valence-electron chi connectivity index (χ1n) is 8.87. The van der Waals surface area contributed by atoms with Crippen LogP contribution >= 0.6 is 22.7 Å². The summed E-state index contributed by atoms with van der Waals surface area (Å²) < 4.78 is 1.82. The summed E-state index contributed by atoms with van der Waals surface area (Å²) in [5, 5.41) is 2.63. The second-order valence-electron chi connectivity index (χ2n) is 6.77. The minimum absolute atomic E-state index is 0.0145. The summed E-state index contributed by atoms with van der Waals surface area (Å²) in [4.78, 5) is 34.9. The van der Waals surface area contributed by atoms with E-state index in [-0.39, 0.29) is 11.5 Å². The lowest BCUT2D eigenvalue weighted by molar-refractivity contribution is 0.0790. The van der Waals surface area contributed by atoms with Crippen molar-refractivity contribution in [2.45, 2.75) is 45.7 Å². The van der Waals surface area contributed by atoms with Crippen LogP contribution in [-0.4, -0.2) is 27.4 Å². The second kappa shape index (κ2) is 6.96. The molecule has 1 amide bonds. The number of hydrogen-bond donors (Lipinski definition) is 0. The van der Waals surface area contributed by atoms with Crippen LogP contribution in [0.5, 0.6) is 0 Å². The van der Waals surface area contributed by atoms with Crippen LogP contribution in [-0.2, 0) is 19.5 Å². The summed E-state index contributed by atoms with van der Waals surface area (Å²) in [6.07, 6.45) is 4.05. The lowest BCUT2D eigenvalue weighted by atomic mass is 10.2. The lowest BCUT2D eigenvalue weighted by Gasteiger charge is -2.15. The molecule has 0 saturated carbocycles. The van der Waals surface area contributed by atoms with E-state index in [4.69, 9.17) is 4.98 Å². The predicted octanol–water partition coefficient (Wildman–Crippen LogP) is 3.83. The van der Waals surface area contributed by atoms with E-state index in [0.29, 0.717) is 21.6 Å². The van der Waals surface area contributed by atoms with Crippen molar-refractivity contribution in [2.75, 3.05) is 7.05 Å². The van der Waals surface area contributed by atoms with Gasteiger partial charge in [-0.3, -0.25) is 14.2 Å². The molecule has 5 nitrogen and oxygen atoms in total.